The molecule has 1 rings (SSSR count). The summed E-state index contributed by atoms with van der Waals surface area (Å²) in [4.78, 5) is 47.8. The number of esters is 2. The predicted octanol–water partition coefficient (Wildman–Crippen LogP) is 1.96. The fourth-order valence-corrected chi connectivity index (χ4v) is 2.20. The Kier molecular flexibility index (Phi) is 8.43. The third-order valence-electron chi connectivity index (χ3n) is 3.54. The molecule has 0 aliphatic carbocycles. The van der Waals surface area contributed by atoms with Crippen molar-refractivity contribution in [2.24, 2.45) is 0 Å². The monoisotopic (exact) mass is 410 g/mol. The number of benzene rings is 1. The van der Waals surface area contributed by atoms with Gasteiger partial charge >= 0.3 is 18.0 Å². The molecule has 3 N–H and O–H groups in total. The van der Waals surface area contributed by atoms with Gasteiger partial charge < -0.3 is 30.0 Å². The minimum absolute atomic E-state index is 0.0420. The summed E-state index contributed by atoms with van der Waals surface area (Å²) in [5, 5.41) is 14.7. The van der Waals surface area contributed by atoms with Crippen molar-refractivity contribution >= 4 is 29.6 Å². The van der Waals surface area contributed by atoms with Crippen LogP contribution in [0.5, 0.6) is 5.75 Å². The number of ether oxygens (including phenoxy) is 3. The van der Waals surface area contributed by atoms with Crippen LogP contribution in [0.25, 0.3) is 0 Å². The van der Waals surface area contributed by atoms with E-state index in [1.54, 1.807) is 20.8 Å². The van der Waals surface area contributed by atoms with Gasteiger partial charge in [-0.05, 0) is 45.4 Å². The molecule has 0 aliphatic rings. The number of anilines is 1. The van der Waals surface area contributed by atoms with Crippen molar-refractivity contribution in [3.8, 4) is 5.75 Å². The van der Waals surface area contributed by atoms with E-state index in [-0.39, 0.29) is 29.8 Å². The molecule has 0 unspecified atom stereocenters. The summed E-state index contributed by atoms with van der Waals surface area (Å²) in [6.45, 7) is 5.00. The Morgan fingerprint density at radius 1 is 1.10 bits per heavy atom. The van der Waals surface area contributed by atoms with Crippen LogP contribution in [-0.4, -0.2) is 54.9 Å². The molecule has 0 saturated carbocycles. The maximum atomic E-state index is 12.6. The third-order valence-corrected chi connectivity index (χ3v) is 3.54. The minimum Gasteiger partial charge on any atom is -0.507 e. The Morgan fingerprint density at radius 3 is 2.31 bits per heavy atom. The highest BCUT2D eigenvalue weighted by Gasteiger charge is 2.25. The number of rotatable bonds is 7. The number of hydrogen-bond acceptors (Lipinski definition) is 8. The van der Waals surface area contributed by atoms with Gasteiger partial charge in [0.15, 0.2) is 0 Å². The van der Waals surface area contributed by atoms with Gasteiger partial charge in [0.05, 0.1) is 14.2 Å². The summed E-state index contributed by atoms with van der Waals surface area (Å²) in [7, 11) is 2.37. The second kappa shape index (κ2) is 10.3. The summed E-state index contributed by atoms with van der Waals surface area (Å²) in [6.07, 6.45) is -0.990. The first-order valence-electron chi connectivity index (χ1n) is 8.75. The number of aromatic hydroxyl groups is 1. The molecule has 160 valence electrons. The van der Waals surface area contributed by atoms with Crippen LogP contribution in [0.2, 0.25) is 0 Å². The normalized spacial score (nSPS) is 11.8. The first kappa shape index (κ1) is 23.7. The molecule has 0 aliphatic heterocycles. The molecule has 10 nitrogen and oxygen atoms in total. The molecule has 0 aromatic heterocycles. The van der Waals surface area contributed by atoms with E-state index < -0.39 is 35.6 Å². The largest absolute Gasteiger partial charge is 0.507 e. The van der Waals surface area contributed by atoms with Gasteiger partial charge in [-0.1, -0.05) is 0 Å². The first-order chi connectivity index (χ1) is 13.5. The summed E-state index contributed by atoms with van der Waals surface area (Å²) < 4.78 is 14.3. The van der Waals surface area contributed by atoms with E-state index in [4.69, 9.17) is 4.74 Å². The number of phenolic OH excluding ortho intramolecular Hbond substituents is 1. The van der Waals surface area contributed by atoms with Crippen LogP contribution < -0.4 is 10.6 Å². The zero-order valence-corrected chi connectivity index (χ0v) is 17.0. The number of phenols is 1. The Labute approximate surface area is 168 Å². The smallest absolute Gasteiger partial charge is 0.408 e. The Balaban J connectivity index is 2.96. The van der Waals surface area contributed by atoms with Gasteiger partial charge in [-0.3, -0.25) is 9.59 Å². The van der Waals surface area contributed by atoms with Crippen LogP contribution in [0.15, 0.2) is 18.2 Å². The lowest BCUT2D eigenvalue weighted by molar-refractivity contribution is -0.140. The average Bonchev–Trinajstić information content (AvgIpc) is 2.63. The molecular formula is C19H26N2O8. The quantitative estimate of drug-likeness (QED) is 0.352. The average molecular weight is 410 g/mol. The lowest BCUT2D eigenvalue weighted by Crippen LogP contribution is -2.46. The van der Waals surface area contributed by atoms with Gasteiger partial charge in [0.2, 0.25) is 5.91 Å². The number of hydrogen-bond donors (Lipinski definition) is 3. The number of alkyl carbamates (subject to hydrolysis) is 1. The maximum Gasteiger partial charge on any atom is 0.408 e. The fraction of sp³-hybridized carbons (Fsp3) is 0.474. The lowest BCUT2D eigenvalue weighted by atomic mass is 10.1. The highest BCUT2D eigenvalue weighted by Crippen LogP contribution is 2.22. The van der Waals surface area contributed by atoms with E-state index in [1.165, 1.54) is 25.3 Å². The Hall–Kier alpha value is -3.30. The molecule has 10 heteroatoms. The van der Waals surface area contributed by atoms with Crippen LogP contribution in [-0.2, 0) is 23.8 Å². The second-order valence-corrected chi connectivity index (χ2v) is 7.03. The lowest BCUT2D eigenvalue weighted by Gasteiger charge is -2.23. The van der Waals surface area contributed by atoms with E-state index >= 15 is 0 Å². The van der Waals surface area contributed by atoms with Crippen LogP contribution in [0.4, 0.5) is 10.5 Å². The Morgan fingerprint density at radius 2 is 1.76 bits per heavy atom. The molecule has 0 spiro atoms. The molecule has 0 heterocycles. The minimum atomic E-state index is -1.11. The van der Waals surface area contributed by atoms with E-state index in [1.807, 2.05) is 0 Å². The molecule has 1 atom stereocenters. The van der Waals surface area contributed by atoms with Gasteiger partial charge in [-0.25, -0.2) is 9.59 Å². The van der Waals surface area contributed by atoms with Crippen molar-refractivity contribution in [3.05, 3.63) is 23.8 Å². The molecular weight excluding hydrogens is 384 g/mol. The highest BCUT2D eigenvalue weighted by molar-refractivity contribution is 5.99. The second-order valence-electron chi connectivity index (χ2n) is 7.03. The fourth-order valence-electron chi connectivity index (χ4n) is 2.20. The van der Waals surface area contributed by atoms with Crippen LogP contribution in [0.3, 0.4) is 0 Å². The van der Waals surface area contributed by atoms with Crippen molar-refractivity contribution in [1.82, 2.24) is 5.32 Å². The summed E-state index contributed by atoms with van der Waals surface area (Å²) in [6, 6.07) is 2.69. The van der Waals surface area contributed by atoms with Gasteiger partial charge in [-0.15, -0.1) is 0 Å². The topological polar surface area (TPSA) is 140 Å². The van der Waals surface area contributed by atoms with E-state index in [0.717, 1.165) is 7.11 Å². The molecule has 1 aromatic rings. The molecule has 0 bridgehead atoms. The standard InChI is InChI=1S/C19H26N2O8/c1-19(2,3)29-18(26)21-13(7-9-15(23)27-4)16(24)20-11-6-8-14(22)12(10-11)17(25)28-5/h6,8,10,13,22H,7,9H2,1-5H3,(H,20,24)(H,21,26)/t13-/m0/s1. The van der Waals surface area contributed by atoms with Crippen molar-refractivity contribution in [3.63, 3.8) is 0 Å². The predicted molar refractivity (Wildman–Crippen MR) is 102 cm³/mol. The van der Waals surface area contributed by atoms with Crippen molar-refractivity contribution < 1.29 is 38.5 Å². The van der Waals surface area contributed by atoms with Crippen LogP contribution in [0, 0.1) is 0 Å². The zero-order chi connectivity index (χ0) is 22.2. The number of carbonyl (C=O) groups is 4. The third kappa shape index (κ3) is 8.08. The van der Waals surface area contributed by atoms with Crippen molar-refractivity contribution in [2.75, 3.05) is 19.5 Å². The van der Waals surface area contributed by atoms with Gasteiger partial charge in [-0.2, -0.15) is 0 Å². The van der Waals surface area contributed by atoms with E-state index in [2.05, 4.69) is 20.1 Å². The van der Waals surface area contributed by atoms with Gasteiger partial charge in [0.1, 0.15) is 23.0 Å². The number of amides is 2. The molecule has 0 radical (unpaired) electrons. The number of methoxy groups -OCH3 is 2. The van der Waals surface area contributed by atoms with Gasteiger partial charge in [0.25, 0.3) is 0 Å². The summed E-state index contributed by atoms with van der Waals surface area (Å²) >= 11 is 0. The van der Waals surface area contributed by atoms with Crippen molar-refractivity contribution in [2.45, 2.75) is 45.3 Å². The van der Waals surface area contributed by atoms with Gasteiger partial charge in [0, 0.05) is 12.1 Å². The molecule has 1 aromatic carbocycles. The van der Waals surface area contributed by atoms with Crippen molar-refractivity contribution in [1.29, 1.82) is 0 Å². The molecule has 29 heavy (non-hydrogen) atoms. The molecule has 0 fully saturated rings. The highest BCUT2D eigenvalue weighted by atomic mass is 16.6. The number of carbonyl (C=O) groups excluding carboxylic acids is 4. The number of nitrogens with one attached hydrogen (secondary N) is 2. The molecule has 2 amide bonds. The Bertz CT molecular complexity index is 770. The van der Waals surface area contributed by atoms with Crippen LogP contribution in [0.1, 0.15) is 44.0 Å². The van der Waals surface area contributed by atoms with E-state index in [0.29, 0.717) is 0 Å². The van der Waals surface area contributed by atoms with Crippen LogP contribution >= 0.6 is 0 Å². The SMILES string of the molecule is COC(=O)CC[C@H](NC(=O)OC(C)(C)C)C(=O)Nc1ccc(O)c(C(=O)OC)c1. The maximum absolute atomic E-state index is 12.6. The first-order valence-corrected chi connectivity index (χ1v) is 8.75. The summed E-state index contributed by atoms with van der Waals surface area (Å²) in [5.74, 6) is -2.30. The zero-order valence-electron chi connectivity index (χ0n) is 17.0. The molecule has 0 saturated heterocycles. The summed E-state index contributed by atoms with van der Waals surface area (Å²) in [5.41, 5.74) is -0.737. The van der Waals surface area contributed by atoms with E-state index in [9.17, 15) is 24.3 Å².